The van der Waals surface area contributed by atoms with Crippen LogP contribution in [0.5, 0.6) is 0 Å². The van der Waals surface area contributed by atoms with Gasteiger partial charge in [0.15, 0.2) is 0 Å². The minimum absolute atomic E-state index is 0. The Kier molecular flexibility index (Phi) is 15.1. The molecule has 0 unspecified atom stereocenters. The smallest absolute Gasteiger partial charge is 0.0780 e. The third kappa shape index (κ3) is 19.0. The largest absolute Gasteiger partial charge is 0.331 e. The maximum atomic E-state index is 2.29. The van der Waals surface area contributed by atoms with Crippen LogP contribution < -0.4 is 0 Å². The third-order valence-electron chi connectivity index (χ3n) is 3.18. The molecule has 0 aromatic carbocycles. The van der Waals surface area contributed by atoms with E-state index in [4.69, 9.17) is 0 Å². The Hall–Kier alpha value is 0.479. The first-order chi connectivity index (χ1) is 7.56. The number of unbranched alkanes of at least 4 members (excludes halogenated alkanes) is 9. The second-order valence-electron chi connectivity index (χ2n) is 6.20. The van der Waals surface area contributed by atoms with Crippen LogP contribution in [0.1, 0.15) is 71.1 Å². The van der Waals surface area contributed by atoms with E-state index in [9.17, 15) is 0 Å². The zero-order valence-corrected chi connectivity index (χ0v) is 13.8. The number of nitrogens with zero attached hydrogens (tertiary/aromatic N) is 1. The van der Waals surface area contributed by atoms with Crippen molar-refractivity contribution >= 4 is 0 Å². The van der Waals surface area contributed by atoms with Gasteiger partial charge in [-0.05, 0) is 12.8 Å². The quantitative estimate of drug-likeness (QED) is 0.295. The van der Waals surface area contributed by atoms with Gasteiger partial charge in [-0.2, -0.15) is 0 Å². The standard InChI is InChI=1S/C15H34N.Mn/c1-5-6-7-8-9-10-11-12-13-14-15-16(2,3)4;/h5-15H2,1-4H3;/q+1;. The van der Waals surface area contributed by atoms with Gasteiger partial charge in [-0.15, -0.1) is 0 Å². The monoisotopic (exact) mass is 283 g/mol. The molecule has 1 radical (unpaired) electrons. The Balaban J connectivity index is 0. The summed E-state index contributed by atoms with van der Waals surface area (Å²) in [5.74, 6) is 0. The minimum Gasteiger partial charge on any atom is -0.331 e. The van der Waals surface area contributed by atoms with Crippen LogP contribution in [0.25, 0.3) is 0 Å². The van der Waals surface area contributed by atoms with Gasteiger partial charge in [0.2, 0.25) is 0 Å². The number of rotatable bonds is 11. The summed E-state index contributed by atoms with van der Waals surface area (Å²) in [7, 11) is 6.86. The van der Waals surface area contributed by atoms with E-state index in [2.05, 4.69) is 28.1 Å². The van der Waals surface area contributed by atoms with E-state index >= 15 is 0 Å². The average molecular weight is 283 g/mol. The van der Waals surface area contributed by atoms with Crippen molar-refractivity contribution in [3.63, 3.8) is 0 Å². The third-order valence-corrected chi connectivity index (χ3v) is 3.18. The molecule has 105 valence electrons. The first kappa shape index (κ1) is 19.8. The normalized spacial score (nSPS) is 11.3. The van der Waals surface area contributed by atoms with Gasteiger partial charge in [0.25, 0.3) is 0 Å². The van der Waals surface area contributed by atoms with Crippen molar-refractivity contribution in [2.45, 2.75) is 71.1 Å². The molecule has 2 heteroatoms. The van der Waals surface area contributed by atoms with Crippen LogP contribution in [0.15, 0.2) is 0 Å². The fourth-order valence-electron chi connectivity index (χ4n) is 2.07. The molecule has 0 N–H and O–H groups in total. The Morgan fingerprint density at radius 3 is 1.29 bits per heavy atom. The van der Waals surface area contributed by atoms with Crippen molar-refractivity contribution in [2.24, 2.45) is 0 Å². The summed E-state index contributed by atoms with van der Waals surface area (Å²) in [6.45, 7) is 3.62. The van der Waals surface area contributed by atoms with Crippen molar-refractivity contribution < 1.29 is 21.6 Å². The SMILES string of the molecule is CCCCCCCCCCCC[N+](C)(C)C.[Mn]. The molecule has 0 heterocycles. The molecule has 0 saturated heterocycles. The predicted octanol–water partition coefficient (Wildman–Crippen LogP) is 4.61. The molecule has 1 nitrogen and oxygen atoms in total. The zero-order chi connectivity index (χ0) is 12.3. The molecular weight excluding hydrogens is 249 g/mol. The van der Waals surface area contributed by atoms with E-state index in [1.54, 1.807) is 0 Å². The molecular formula is C15H34MnN+. The Bertz CT molecular complexity index is 140. The van der Waals surface area contributed by atoms with E-state index in [-0.39, 0.29) is 17.1 Å². The maximum Gasteiger partial charge on any atom is 0.0780 e. The fraction of sp³-hybridized carbons (Fsp3) is 1.00. The van der Waals surface area contributed by atoms with Gasteiger partial charge >= 0.3 is 0 Å². The van der Waals surface area contributed by atoms with Crippen molar-refractivity contribution in [3.8, 4) is 0 Å². The molecule has 17 heavy (non-hydrogen) atoms. The minimum atomic E-state index is 0. The van der Waals surface area contributed by atoms with Crippen molar-refractivity contribution in [1.82, 2.24) is 0 Å². The number of hydrogen-bond donors (Lipinski definition) is 0. The first-order valence-electron chi connectivity index (χ1n) is 7.36. The average Bonchev–Trinajstić information content (AvgIpc) is 2.19. The summed E-state index contributed by atoms with van der Waals surface area (Å²) in [5, 5.41) is 0. The van der Waals surface area contributed by atoms with Gasteiger partial charge in [0.05, 0.1) is 27.7 Å². The van der Waals surface area contributed by atoms with E-state index in [1.165, 1.54) is 70.8 Å². The van der Waals surface area contributed by atoms with Crippen molar-refractivity contribution in [3.05, 3.63) is 0 Å². The number of quaternary nitrogens is 1. The maximum absolute atomic E-state index is 2.29. The van der Waals surface area contributed by atoms with Crippen LogP contribution >= 0.6 is 0 Å². The van der Waals surface area contributed by atoms with E-state index in [1.807, 2.05) is 0 Å². The van der Waals surface area contributed by atoms with Gasteiger partial charge in [-0.1, -0.05) is 58.3 Å². The molecule has 0 aliphatic rings. The summed E-state index contributed by atoms with van der Waals surface area (Å²) < 4.78 is 1.12. The molecule has 0 aromatic rings. The van der Waals surface area contributed by atoms with Gasteiger partial charge < -0.3 is 4.48 Å². The Labute approximate surface area is 120 Å². The molecule has 0 amide bonds. The summed E-state index contributed by atoms with van der Waals surface area (Å²) in [6, 6.07) is 0. The molecule has 0 atom stereocenters. The van der Waals surface area contributed by atoms with E-state index < -0.39 is 0 Å². The molecule has 0 aliphatic heterocycles. The van der Waals surface area contributed by atoms with Gasteiger partial charge in [-0.3, -0.25) is 0 Å². The second kappa shape index (κ2) is 12.9. The molecule has 0 fully saturated rings. The van der Waals surface area contributed by atoms with Crippen LogP contribution in [0, 0.1) is 0 Å². The summed E-state index contributed by atoms with van der Waals surface area (Å²) in [6.07, 6.45) is 14.4. The molecule has 0 aliphatic carbocycles. The van der Waals surface area contributed by atoms with E-state index in [0.717, 1.165) is 4.48 Å². The van der Waals surface area contributed by atoms with Crippen LogP contribution in [-0.4, -0.2) is 32.2 Å². The topological polar surface area (TPSA) is 0 Å². The fourth-order valence-corrected chi connectivity index (χ4v) is 2.07. The molecule has 0 rings (SSSR count). The molecule has 0 bridgehead atoms. The van der Waals surface area contributed by atoms with Gasteiger partial charge in [-0.25, -0.2) is 0 Å². The van der Waals surface area contributed by atoms with Crippen molar-refractivity contribution in [1.29, 1.82) is 0 Å². The van der Waals surface area contributed by atoms with Gasteiger partial charge in [0, 0.05) is 17.1 Å². The second-order valence-corrected chi connectivity index (χ2v) is 6.20. The van der Waals surface area contributed by atoms with Crippen LogP contribution in [0.4, 0.5) is 0 Å². The predicted molar refractivity (Wildman–Crippen MR) is 74.7 cm³/mol. The summed E-state index contributed by atoms with van der Waals surface area (Å²) in [4.78, 5) is 0. The zero-order valence-electron chi connectivity index (χ0n) is 12.6. The van der Waals surface area contributed by atoms with Crippen LogP contribution in [-0.2, 0) is 17.1 Å². The van der Waals surface area contributed by atoms with Crippen LogP contribution in [0.3, 0.4) is 0 Å². The molecule has 0 spiro atoms. The van der Waals surface area contributed by atoms with Gasteiger partial charge in [0.1, 0.15) is 0 Å². The summed E-state index contributed by atoms with van der Waals surface area (Å²) >= 11 is 0. The summed E-state index contributed by atoms with van der Waals surface area (Å²) in [5.41, 5.74) is 0. The van der Waals surface area contributed by atoms with Crippen molar-refractivity contribution in [2.75, 3.05) is 27.7 Å². The van der Waals surface area contributed by atoms with Crippen LogP contribution in [0.2, 0.25) is 0 Å². The molecule has 0 aromatic heterocycles. The Morgan fingerprint density at radius 1 is 0.588 bits per heavy atom. The Morgan fingerprint density at radius 2 is 0.941 bits per heavy atom. The first-order valence-corrected chi connectivity index (χ1v) is 7.36. The number of hydrogen-bond acceptors (Lipinski definition) is 0. The van der Waals surface area contributed by atoms with E-state index in [0.29, 0.717) is 0 Å². The molecule has 0 saturated carbocycles.